The number of hydrogen-bond acceptors (Lipinski definition) is 5. The van der Waals surface area contributed by atoms with Crippen LogP contribution in [-0.2, 0) is 33.5 Å². The van der Waals surface area contributed by atoms with Gasteiger partial charge in [0.05, 0.1) is 11.1 Å². The Bertz CT molecular complexity index is 1030. The van der Waals surface area contributed by atoms with E-state index in [4.69, 9.17) is 4.98 Å². The second kappa shape index (κ2) is 5.98. The summed E-state index contributed by atoms with van der Waals surface area (Å²) in [5.74, 6) is 0.624. The number of rotatable bonds is 3. The van der Waals surface area contributed by atoms with Gasteiger partial charge in [-0.25, -0.2) is 4.98 Å². The fraction of sp³-hybridized carbons (Fsp3) is 0.500. The summed E-state index contributed by atoms with van der Waals surface area (Å²) in [5, 5.41) is 8.62. The Balaban J connectivity index is 1.73. The minimum atomic E-state index is 0.0616. The summed E-state index contributed by atoms with van der Waals surface area (Å²) >= 11 is 1.69. The van der Waals surface area contributed by atoms with Crippen molar-refractivity contribution in [2.75, 3.05) is 5.32 Å². The second-order valence-corrected chi connectivity index (χ2v) is 7.90. The van der Waals surface area contributed by atoms with Crippen LogP contribution in [0.4, 0.5) is 5.95 Å². The first-order valence-electron chi connectivity index (χ1n) is 8.71. The standard InChI is InChI=1S/C18H23N5OS/c1-10-13(11(2)23(4)21-10)9-19-18-20-16-15(17(24)22(18)3)12-7-5-6-8-14(12)25-16/h5-9H2,1-4H3,(H,19,20). The quantitative estimate of drug-likeness (QED) is 0.783. The molecule has 0 amide bonds. The van der Waals surface area contributed by atoms with E-state index in [9.17, 15) is 4.79 Å². The molecule has 0 saturated carbocycles. The largest absolute Gasteiger partial charge is 0.351 e. The van der Waals surface area contributed by atoms with E-state index in [0.717, 1.165) is 40.0 Å². The number of anilines is 1. The predicted molar refractivity (Wildman–Crippen MR) is 102 cm³/mol. The minimum absolute atomic E-state index is 0.0616. The SMILES string of the molecule is Cc1nn(C)c(C)c1CNc1nc2sc3c(c2c(=O)n1C)CCCC3. The Labute approximate surface area is 150 Å². The molecule has 7 heteroatoms. The molecule has 0 fully saturated rings. The molecule has 6 nitrogen and oxygen atoms in total. The lowest BCUT2D eigenvalue weighted by atomic mass is 9.97. The van der Waals surface area contributed by atoms with Gasteiger partial charge in [-0.2, -0.15) is 5.10 Å². The Kier molecular flexibility index (Phi) is 3.91. The molecule has 1 N–H and O–H groups in total. The normalized spacial score (nSPS) is 14.1. The van der Waals surface area contributed by atoms with Crippen molar-refractivity contribution in [1.29, 1.82) is 0 Å². The van der Waals surface area contributed by atoms with Crippen molar-refractivity contribution in [1.82, 2.24) is 19.3 Å². The van der Waals surface area contributed by atoms with Gasteiger partial charge in [0, 0.05) is 36.8 Å². The van der Waals surface area contributed by atoms with Gasteiger partial charge in [0.1, 0.15) is 4.83 Å². The molecule has 0 saturated heterocycles. The van der Waals surface area contributed by atoms with E-state index >= 15 is 0 Å². The third-order valence-corrected chi connectivity index (χ3v) is 6.46. The van der Waals surface area contributed by atoms with Crippen molar-refractivity contribution >= 4 is 27.5 Å². The van der Waals surface area contributed by atoms with Crippen molar-refractivity contribution in [2.24, 2.45) is 14.1 Å². The van der Waals surface area contributed by atoms with Crippen LogP contribution in [0.3, 0.4) is 0 Å². The lowest BCUT2D eigenvalue weighted by Crippen LogP contribution is -2.22. The zero-order chi connectivity index (χ0) is 17.7. The molecule has 132 valence electrons. The Morgan fingerprint density at radius 1 is 1.20 bits per heavy atom. The summed E-state index contributed by atoms with van der Waals surface area (Å²) in [5.41, 5.74) is 4.59. The number of nitrogens with zero attached hydrogens (tertiary/aromatic N) is 4. The first kappa shape index (κ1) is 16.3. The maximum absolute atomic E-state index is 12.9. The van der Waals surface area contributed by atoms with Crippen LogP contribution in [0.25, 0.3) is 10.2 Å². The molecular formula is C18H23N5OS. The molecule has 3 aromatic heterocycles. The molecule has 0 radical (unpaired) electrons. The van der Waals surface area contributed by atoms with Gasteiger partial charge in [0.2, 0.25) is 5.95 Å². The average molecular weight is 357 g/mol. The Morgan fingerprint density at radius 3 is 2.68 bits per heavy atom. The third kappa shape index (κ3) is 2.57. The molecule has 0 aromatic carbocycles. The average Bonchev–Trinajstić information content (AvgIpc) is 3.07. The molecule has 1 aliphatic carbocycles. The number of hydrogen-bond donors (Lipinski definition) is 1. The number of nitrogens with one attached hydrogen (secondary N) is 1. The van der Waals surface area contributed by atoms with Crippen LogP contribution in [0, 0.1) is 13.8 Å². The van der Waals surface area contributed by atoms with Crippen molar-refractivity contribution in [2.45, 2.75) is 46.1 Å². The first-order chi connectivity index (χ1) is 12.0. The highest BCUT2D eigenvalue weighted by Crippen LogP contribution is 2.34. The van der Waals surface area contributed by atoms with Crippen LogP contribution in [0.1, 0.15) is 40.2 Å². The van der Waals surface area contributed by atoms with Crippen molar-refractivity contribution in [3.05, 3.63) is 37.7 Å². The molecule has 0 bridgehead atoms. The first-order valence-corrected chi connectivity index (χ1v) is 9.53. The molecule has 3 aromatic rings. The molecule has 0 spiro atoms. The van der Waals surface area contributed by atoms with Gasteiger partial charge < -0.3 is 5.32 Å². The zero-order valence-corrected chi connectivity index (χ0v) is 16.0. The highest BCUT2D eigenvalue weighted by Gasteiger charge is 2.21. The van der Waals surface area contributed by atoms with E-state index in [1.165, 1.54) is 23.3 Å². The Hall–Kier alpha value is -2.15. The van der Waals surface area contributed by atoms with E-state index in [0.29, 0.717) is 12.5 Å². The predicted octanol–water partition coefficient (Wildman–Crippen LogP) is 2.84. The van der Waals surface area contributed by atoms with Crippen LogP contribution in [0.5, 0.6) is 0 Å². The maximum atomic E-state index is 12.9. The number of thiophene rings is 1. The molecule has 0 unspecified atom stereocenters. The summed E-state index contributed by atoms with van der Waals surface area (Å²) in [6.07, 6.45) is 4.47. The van der Waals surface area contributed by atoms with Gasteiger partial charge >= 0.3 is 0 Å². The van der Waals surface area contributed by atoms with Gasteiger partial charge in [0.15, 0.2) is 0 Å². The number of aromatic nitrogens is 4. The second-order valence-electron chi connectivity index (χ2n) is 6.82. The summed E-state index contributed by atoms with van der Waals surface area (Å²) in [7, 11) is 3.75. The number of aryl methyl sites for hydroxylation is 4. The monoisotopic (exact) mass is 357 g/mol. The molecule has 1 aliphatic rings. The van der Waals surface area contributed by atoms with Gasteiger partial charge in [0.25, 0.3) is 5.56 Å². The summed E-state index contributed by atoms with van der Waals surface area (Å²) in [4.78, 5) is 19.9. The summed E-state index contributed by atoms with van der Waals surface area (Å²) in [6.45, 7) is 4.68. The van der Waals surface area contributed by atoms with E-state index < -0.39 is 0 Å². The van der Waals surface area contributed by atoms with Gasteiger partial charge in [-0.15, -0.1) is 11.3 Å². The number of fused-ring (bicyclic) bond motifs is 3. The molecule has 0 atom stereocenters. The van der Waals surface area contributed by atoms with Gasteiger partial charge in [-0.05, 0) is 45.1 Å². The maximum Gasteiger partial charge on any atom is 0.263 e. The van der Waals surface area contributed by atoms with Crippen molar-refractivity contribution in [3.8, 4) is 0 Å². The molecule has 25 heavy (non-hydrogen) atoms. The molecule has 3 heterocycles. The van der Waals surface area contributed by atoms with Crippen molar-refractivity contribution in [3.63, 3.8) is 0 Å². The lowest BCUT2D eigenvalue weighted by Gasteiger charge is -2.12. The van der Waals surface area contributed by atoms with E-state index in [1.807, 2.05) is 18.7 Å². The summed E-state index contributed by atoms with van der Waals surface area (Å²) in [6, 6.07) is 0. The van der Waals surface area contributed by atoms with Gasteiger partial charge in [-0.1, -0.05) is 0 Å². The summed E-state index contributed by atoms with van der Waals surface area (Å²) < 4.78 is 3.53. The lowest BCUT2D eigenvalue weighted by molar-refractivity contribution is 0.699. The fourth-order valence-electron chi connectivity index (χ4n) is 3.68. The van der Waals surface area contributed by atoms with Crippen LogP contribution >= 0.6 is 11.3 Å². The van der Waals surface area contributed by atoms with Crippen LogP contribution < -0.4 is 10.9 Å². The molecular weight excluding hydrogens is 334 g/mol. The van der Waals surface area contributed by atoms with E-state index in [1.54, 1.807) is 23.0 Å². The fourth-order valence-corrected chi connectivity index (χ4v) is 4.94. The molecule has 0 aliphatic heterocycles. The highest BCUT2D eigenvalue weighted by atomic mass is 32.1. The van der Waals surface area contributed by atoms with Crippen LogP contribution in [0.2, 0.25) is 0 Å². The minimum Gasteiger partial charge on any atom is -0.351 e. The third-order valence-electron chi connectivity index (χ3n) is 5.28. The Morgan fingerprint density at radius 2 is 1.96 bits per heavy atom. The smallest absolute Gasteiger partial charge is 0.263 e. The van der Waals surface area contributed by atoms with Crippen LogP contribution in [0.15, 0.2) is 4.79 Å². The zero-order valence-electron chi connectivity index (χ0n) is 15.1. The van der Waals surface area contributed by atoms with Gasteiger partial charge in [-0.3, -0.25) is 14.0 Å². The molecule has 4 rings (SSSR count). The van der Waals surface area contributed by atoms with E-state index in [2.05, 4.69) is 17.3 Å². The highest BCUT2D eigenvalue weighted by molar-refractivity contribution is 7.18. The topological polar surface area (TPSA) is 64.7 Å². The van der Waals surface area contributed by atoms with Crippen LogP contribution in [-0.4, -0.2) is 19.3 Å². The van der Waals surface area contributed by atoms with Crippen molar-refractivity contribution < 1.29 is 0 Å². The van der Waals surface area contributed by atoms with E-state index in [-0.39, 0.29) is 5.56 Å².